The number of esters is 1. The second-order valence-corrected chi connectivity index (χ2v) is 2.80. The summed E-state index contributed by atoms with van der Waals surface area (Å²) in [5.41, 5.74) is 0.595. The van der Waals surface area contributed by atoms with Crippen LogP contribution < -0.4 is 4.74 Å². The fraction of sp³-hybridized carbons (Fsp3) is 0.222. The number of carbonyl (C=O) groups excluding carboxylic acids is 1. The van der Waals surface area contributed by atoms with Gasteiger partial charge in [-0.3, -0.25) is 14.9 Å². The SMILES string of the molecule is CC(=O)Oc1cc([N+](=O)[O-])ccc1C. The molecule has 5 heteroatoms. The Labute approximate surface area is 80.5 Å². The molecule has 14 heavy (non-hydrogen) atoms. The van der Waals surface area contributed by atoms with E-state index in [-0.39, 0.29) is 11.4 Å². The van der Waals surface area contributed by atoms with Crippen LogP contribution in [0.25, 0.3) is 0 Å². The summed E-state index contributed by atoms with van der Waals surface area (Å²) < 4.78 is 4.79. The maximum Gasteiger partial charge on any atom is 0.308 e. The van der Waals surface area contributed by atoms with Gasteiger partial charge in [0.15, 0.2) is 0 Å². The summed E-state index contributed by atoms with van der Waals surface area (Å²) in [6.07, 6.45) is 0. The molecule has 0 atom stereocenters. The van der Waals surface area contributed by atoms with Crippen LogP contribution in [-0.4, -0.2) is 10.9 Å². The number of hydrogen-bond acceptors (Lipinski definition) is 4. The molecular formula is C9H9NO4. The second-order valence-electron chi connectivity index (χ2n) is 2.80. The highest BCUT2D eigenvalue weighted by Crippen LogP contribution is 2.23. The Kier molecular flexibility index (Phi) is 2.81. The molecule has 0 heterocycles. The molecule has 0 aliphatic carbocycles. The Morgan fingerprint density at radius 3 is 2.64 bits per heavy atom. The van der Waals surface area contributed by atoms with Crippen LogP contribution >= 0.6 is 0 Å². The van der Waals surface area contributed by atoms with E-state index in [2.05, 4.69) is 0 Å². The zero-order valence-electron chi connectivity index (χ0n) is 7.81. The summed E-state index contributed by atoms with van der Waals surface area (Å²) in [6, 6.07) is 4.13. The molecule has 1 aromatic rings. The minimum absolute atomic E-state index is 0.0909. The number of nitro groups is 1. The zero-order chi connectivity index (χ0) is 10.7. The smallest absolute Gasteiger partial charge is 0.308 e. The molecule has 0 bridgehead atoms. The third-order valence-corrected chi connectivity index (χ3v) is 1.64. The highest BCUT2D eigenvalue weighted by Gasteiger charge is 2.10. The van der Waals surface area contributed by atoms with E-state index < -0.39 is 10.9 Å². The molecule has 0 aliphatic rings. The first-order valence-electron chi connectivity index (χ1n) is 3.94. The largest absolute Gasteiger partial charge is 0.426 e. The molecule has 74 valence electrons. The van der Waals surface area contributed by atoms with Gasteiger partial charge in [-0.25, -0.2) is 0 Å². The van der Waals surface area contributed by atoms with E-state index in [4.69, 9.17) is 4.74 Å². The Balaban J connectivity index is 3.08. The molecule has 1 aromatic carbocycles. The third kappa shape index (κ3) is 2.29. The summed E-state index contributed by atoms with van der Waals surface area (Å²) in [5, 5.41) is 10.4. The maximum atomic E-state index is 10.7. The molecule has 0 aromatic heterocycles. The highest BCUT2D eigenvalue weighted by molar-refractivity contribution is 5.70. The number of rotatable bonds is 2. The van der Waals surface area contributed by atoms with Gasteiger partial charge in [0.05, 0.1) is 11.0 Å². The fourth-order valence-electron chi connectivity index (χ4n) is 0.967. The summed E-state index contributed by atoms with van der Waals surface area (Å²) in [5.74, 6) is -0.264. The number of hydrogen-bond donors (Lipinski definition) is 0. The number of non-ortho nitro benzene ring substituents is 1. The Morgan fingerprint density at radius 2 is 2.14 bits per heavy atom. The van der Waals surface area contributed by atoms with Crippen LogP contribution in [0.15, 0.2) is 18.2 Å². The Bertz CT molecular complexity index is 386. The van der Waals surface area contributed by atoms with Crippen LogP contribution in [0.1, 0.15) is 12.5 Å². The molecule has 0 saturated heterocycles. The van der Waals surface area contributed by atoms with Gasteiger partial charge in [-0.1, -0.05) is 0 Å². The first kappa shape index (κ1) is 10.2. The molecule has 0 aliphatic heterocycles. The van der Waals surface area contributed by atoms with Crippen molar-refractivity contribution in [1.82, 2.24) is 0 Å². The molecule has 1 rings (SSSR count). The number of ether oxygens (including phenoxy) is 1. The fourth-order valence-corrected chi connectivity index (χ4v) is 0.967. The second kappa shape index (κ2) is 3.87. The van der Waals surface area contributed by atoms with Crippen LogP contribution in [0.3, 0.4) is 0 Å². The van der Waals surface area contributed by atoms with Crippen LogP contribution in [0.5, 0.6) is 5.75 Å². The standard InChI is InChI=1S/C9H9NO4/c1-6-3-4-8(10(12)13)5-9(6)14-7(2)11/h3-5H,1-2H3. The van der Waals surface area contributed by atoms with Gasteiger partial charge in [-0.15, -0.1) is 0 Å². The van der Waals surface area contributed by atoms with Crippen molar-refractivity contribution in [1.29, 1.82) is 0 Å². The lowest BCUT2D eigenvalue weighted by atomic mass is 10.2. The highest BCUT2D eigenvalue weighted by atomic mass is 16.6. The molecule has 0 radical (unpaired) electrons. The van der Waals surface area contributed by atoms with Crippen LogP contribution in [0, 0.1) is 17.0 Å². The van der Waals surface area contributed by atoms with Crippen molar-refractivity contribution in [3.05, 3.63) is 33.9 Å². The number of nitro benzene ring substituents is 1. The maximum absolute atomic E-state index is 10.7. The average molecular weight is 195 g/mol. The molecule has 0 amide bonds. The van der Waals surface area contributed by atoms with Crippen LogP contribution in [0.4, 0.5) is 5.69 Å². The predicted octanol–water partition coefficient (Wildman–Crippen LogP) is 1.83. The van der Waals surface area contributed by atoms with E-state index in [1.54, 1.807) is 6.92 Å². The molecule has 0 unspecified atom stereocenters. The van der Waals surface area contributed by atoms with E-state index in [1.807, 2.05) is 0 Å². The lowest BCUT2D eigenvalue weighted by Crippen LogP contribution is -2.03. The van der Waals surface area contributed by atoms with Gasteiger partial charge in [0, 0.05) is 13.0 Å². The van der Waals surface area contributed by atoms with Gasteiger partial charge in [0.2, 0.25) is 0 Å². The van der Waals surface area contributed by atoms with Gasteiger partial charge in [-0.2, -0.15) is 0 Å². The van der Waals surface area contributed by atoms with E-state index in [0.29, 0.717) is 5.56 Å². The lowest BCUT2D eigenvalue weighted by molar-refractivity contribution is -0.384. The van der Waals surface area contributed by atoms with Crippen molar-refractivity contribution in [2.24, 2.45) is 0 Å². The minimum Gasteiger partial charge on any atom is -0.426 e. The molecule has 0 N–H and O–H groups in total. The summed E-state index contributed by atoms with van der Waals surface area (Å²) in [4.78, 5) is 20.5. The van der Waals surface area contributed by atoms with Crippen molar-refractivity contribution in [3.8, 4) is 5.75 Å². The van der Waals surface area contributed by atoms with Crippen LogP contribution in [-0.2, 0) is 4.79 Å². The molecular weight excluding hydrogens is 186 g/mol. The Morgan fingerprint density at radius 1 is 1.50 bits per heavy atom. The minimum atomic E-state index is -0.535. The molecule has 0 fully saturated rings. The van der Waals surface area contributed by atoms with E-state index in [9.17, 15) is 14.9 Å². The molecule has 0 saturated carbocycles. The predicted molar refractivity (Wildman–Crippen MR) is 49.1 cm³/mol. The van der Waals surface area contributed by atoms with Crippen LogP contribution in [0.2, 0.25) is 0 Å². The van der Waals surface area contributed by atoms with Crippen molar-refractivity contribution in [3.63, 3.8) is 0 Å². The summed E-state index contributed by atoms with van der Waals surface area (Å²) >= 11 is 0. The number of nitrogens with zero attached hydrogens (tertiary/aromatic N) is 1. The van der Waals surface area contributed by atoms with E-state index in [0.717, 1.165) is 0 Å². The molecule has 0 spiro atoms. The lowest BCUT2D eigenvalue weighted by Gasteiger charge is -2.03. The van der Waals surface area contributed by atoms with Crippen molar-refractivity contribution >= 4 is 11.7 Å². The van der Waals surface area contributed by atoms with Gasteiger partial charge >= 0.3 is 5.97 Å². The summed E-state index contributed by atoms with van der Waals surface area (Å²) in [7, 11) is 0. The molecule has 5 nitrogen and oxygen atoms in total. The number of carbonyl (C=O) groups is 1. The average Bonchev–Trinajstić information content (AvgIpc) is 2.07. The summed E-state index contributed by atoms with van der Waals surface area (Å²) in [6.45, 7) is 2.96. The zero-order valence-corrected chi connectivity index (χ0v) is 7.81. The van der Waals surface area contributed by atoms with Crippen molar-refractivity contribution in [2.45, 2.75) is 13.8 Å². The van der Waals surface area contributed by atoms with Gasteiger partial charge in [0.1, 0.15) is 5.75 Å². The number of benzene rings is 1. The van der Waals surface area contributed by atoms with Gasteiger partial charge in [0.25, 0.3) is 5.69 Å². The van der Waals surface area contributed by atoms with Gasteiger partial charge in [-0.05, 0) is 18.6 Å². The first-order chi connectivity index (χ1) is 6.50. The monoisotopic (exact) mass is 195 g/mol. The third-order valence-electron chi connectivity index (χ3n) is 1.64. The van der Waals surface area contributed by atoms with E-state index >= 15 is 0 Å². The topological polar surface area (TPSA) is 69.4 Å². The van der Waals surface area contributed by atoms with Crippen molar-refractivity contribution < 1.29 is 14.5 Å². The van der Waals surface area contributed by atoms with Gasteiger partial charge < -0.3 is 4.74 Å². The quantitative estimate of drug-likeness (QED) is 0.312. The normalized spacial score (nSPS) is 9.57. The van der Waals surface area contributed by atoms with E-state index in [1.165, 1.54) is 25.1 Å². The Hall–Kier alpha value is -1.91. The number of aryl methyl sites for hydroxylation is 1. The van der Waals surface area contributed by atoms with Crippen molar-refractivity contribution in [2.75, 3.05) is 0 Å². The first-order valence-corrected chi connectivity index (χ1v) is 3.94.